The van der Waals surface area contributed by atoms with Gasteiger partial charge in [-0.05, 0) is 39.7 Å². The second-order valence-corrected chi connectivity index (χ2v) is 4.75. The standard InChI is InChI=1S/C11H17N3O3/c1-8-9(13-17-12-8)7-14-6-4-3-5-11(14,2)10(15)16/h3-7H2,1-2H3,(H,15,16). The molecule has 0 saturated carbocycles. The predicted molar refractivity (Wildman–Crippen MR) is 59.3 cm³/mol. The number of aryl methyl sites for hydroxylation is 1. The first-order valence-corrected chi connectivity index (χ1v) is 5.80. The minimum absolute atomic E-state index is 0.484. The summed E-state index contributed by atoms with van der Waals surface area (Å²) in [5.41, 5.74) is 0.645. The Hall–Kier alpha value is -1.43. The second-order valence-electron chi connectivity index (χ2n) is 4.75. The molecule has 6 heteroatoms. The highest BCUT2D eigenvalue weighted by Crippen LogP contribution is 2.29. The van der Waals surface area contributed by atoms with Gasteiger partial charge in [0, 0.05) is 6.54 Å². The van der Waals surface area contributed by atoms with Crippen LogP contribution in [0, 0.1) is 6.92 Å². The van der Waals surface area contributed by atoms with E-state index in [1.165, 1.54) is 0 Å². The number of piperidine rings is 1. The van der Waals surface area contributed by atoms with Gasteiger partial charge in [0.2, 0.25) is 0 Å². The van der Waals surface area contributed by atoms with Gasteiger partial charge in [0.05, 0.1) is 0 Å². The number of rotatable bonds is 3. The Morgan fingerprint density at radius 3 is 2.88 bits per heavy atom. The van der Waals surface area contributed by atoms with Crippen LogP contribution in [0.15, 0.2) is 4.63 Å². The molecule has 6 nitrogen and oxygen atoms in total. The summed E-state index contributed by atoms with van der Waals surface area (Å²) in [7, 11) is 0. The highest BCUT2D eigenvalue weighted by atomic mass is 16.6. The molecule has 0 radical (unpaired) electrons. The number of aliphatic carboxylic acids is 1. The van der Waals surface area contributed by atoms with Crippen LogP contribution in [0.3, 0.4) is 0 Å². The SMILES string of the molecule is Cc1nonc1CN1CCCCC1(C)C(=O)O. The predicted octanol–water partition coefficient (Wildman–Crippen LogP) is 1.21. The van der Waals surface area contributed by atoms with Crippen molar-refractivity contribution in [3.8, 4) is 0 Å². The van der Waals surface area contributed by atoms with Crippen LogP contribution < -0.4 is 0 Å². The van der Waals surface area contributed by atoms with Crippen molar-refractivity contribution >= 4 is 5.97 Å². The molecular formula is C11H17N3O3. The van der Waals surface area contributed by atoms with E-state index in [1.54, 1.807) is 6.92 Å². The lowest BCUT2D eigenvalue weighted by Gasteiger charge is -2.41. The average Bonchev–Trinajstić information content (AvgIpc) is 2.68. The van der Waals surface area contributed by atoms with Crippen LogP contribution in [0.1, 0.15) is 37.6 Å². The highest BCUT2D eigenvalue weighted by molar-refractivity contribution is 5.78. The third-order valence-electron chi connectivity index (χ3n) is 3.59. The van der Waals surface area contributed by atoms with Crippen molar-refractivity contribution in [3.63, 3.8) is 0 Å². The quantitative estimate of drug-likeness (QED) is 0.854. The van der Waals surface area contributed by atoms with E-state index in [1.807, 2.05) is 11.8 Å². The van der Waals surface area contributed by atoms with Crippen LogP contribution >= 0.6 is 0 Å². The van der Waals surface area contributed by atoms with Crippen molar-refractivity contribution in [1.82, 2.24) is 15.2 Å². The molecule has 1 unspecified atom stereocenters. The molecule has 2 rings (SSSR count). The Balaban J connectivity index is 2.18. The number of carbonyl (C=O) groups is 1. The first-order valence-electron chi connectivity index (χ1n) is 5.80. The minimum Gasteiger partial charge on any atom is -0.480 e. The molecule has 2 heterocycles. The van der Waals surface area contributed by atoms with E-state index in [0.717, 1.165) is 30.8 Å². The topological polar surface area (TPSA) is 79.5 Å². The molecule has 1 aliphatic rings. The zero-order chi connectivity index (χ0) is 12.5. The lowest BCUT2D eigenvalue weighted by Crippen LogP contribution is -2.54. The number of hydrogen-bond donors (Lipinski definition) is 1. The Labute approximate surface area is 99.6 Å². The molecular weight excluding hydrogens is 222 g/mol. The summed E-state index contributed by atoms with van der Waals surface area (Å²) >= 11 is 0. The molecule has 1 aliphatic heterocycles. The van der Waals surface area contributed by atoms with E-state index in [0.29, 0.717) is 13.0 Å². The zero-order valence-electron chi connectivity index (χ0n) is 10.1. The van der Waals surface area contributed by atoms with E-state index in [2.05, 4.69) is 14.9 Å². The number of hydrogen-bond acceptors (Lipinski definition) is 5. The lowest BCUT2D eigenvalue weighted by molar-refractivity contribution is -0.153. The van der Waals surface area contributed by atoms with E-state index >= 15 is 0 Å². The third kappa shape index (κ3) is 2.17. The van der Waals surface area contributed by atoms with Crippen LogP contribution in [0.2, 0.25) is 0 Å². The van der Waals surface area contributed by atoms with Crippen molar-refractivity contribution in [3.05, 3.63) is 11.4 Å². The summed E-state index contributed by atoms with van der Waals surface area (Å²) in [5, 5.41) is 16.9. The fraction of sp³-hybridized carbons (Fsp3) is 0.727. The largest absolute Gasteiger partial charge is 0.480 e. The van der Waals surface area contributed by atoms with Crippen LogP contribution in [0.25, 0.3) is 0 Å². The van der Waals surface area contributed by atoms with Crippen LogP contribution in [0.5, 0.6) is 0 Å². The maximum Gasteiger partial charge on any atom is 0.323 e. The first kappa shape index (κ1) is 12.0. The van der Waals surface area contributed by atoms with Gasteiger partial charge in [-0.3, -0.25) is 9.69 Å². The fourth-order valence-electron chi connectivity index (χ4n) is 2.25. The zero-order valence-corrected chi connectivity index (χ0v) is 10.1. The Kier molecular flexibility index (Phi) is 3.15. The second kappa shape index (κ2) is 4.44. The molecule has 0 spiro atoms. The minimum atomic E-state index is -0.802. The van der Waals surface area contributed by atoms with Gasteiger partial charge in [-0.2, -0.15) is 0 Å². The summed E-state index contributed by atoms with van der Waals surface area (Å²) < 4.78 is 4.64. The van der Waals surface area contributed by atoms with Gasteiger partial charge in [-0.1, -0.05) is 10.3 Å². The maximum absolute atomic E-state index is 11.4. The molecule has 0 aromatic carbocycles. The number of nitrogens with zero attached hydrogens (tertiary/aromatic N) is 3. The molecule has 1 aromatic heterocycles. The van der Waals surface area contributed by atoms with Gasteiger partial charge in [0.25, 0.3) is 0 Å². The monoisotopic (exact) mass is 239 g/mol. The van der Waals surface area contributed by atoms with Crippen LogP contribution in [-0.2, 0) is 11.3 Å². The van der Waals surface area contributed by atoms with Crippen molar-refractivity contribution in [2.45, 2.75) is 45.2 Å². The van der Waals surface area contributed by atoms with Crippen molar-refractivity contribution in [2.75, 3.05) is 6.54 Å². The average molecular weight is 239 g/mol. The Bertz CT molecular complexity index is 418. The maximum atomic E-state index is 11.4. The summed E-state index contributed by atoms with van der Waals surface area (Å²) in [6.45, 7) is 4.85. The number of carboxylic acid groups (broad SMARTS) is 1. The van der Waals surface area contributed by atoms with Gasteiger partial charge in [-0.15, -0.1) is 0 Å². The summed E-state index contributed by atoms with van der Waals surface area (Å²) in [4.78, 5) is 13.3. The van der Waals surface area contributed by atoms with Crippen LogP contribution in [0.4, 0.5) is 0 Å². The molecule has 0 bridgehead atoms. The summed E-state index contributed by atoms with van der Waals surface area (Å²) in [6.07, 6.45) is 2.65. The molecule has 94 valence electrons. The van der Waals surface area contributed by atoms with Crippen LogP contribution in [-0.4, -0.2) is 38.4 Å². The summed E-state index contributed by atoms with van der Waals surface area (Å²) in [5.74, 6) is -0.772. The first-order chi connectivity index (χ1) is 8.04. The molecule has 17 heavy (non-hydrogen) atoms. The van der Waals surface area contributed by atoms with Gasteiger partial charge < -0.3 is 5.11 Å². The fourth-order valence-corrected chi connectivity index (χ4v) is 2.25. The summed E-state index contributed by atoms with van der Waals surface area (Å²) in [6, 6.07) is 0. The van der Waals surface area contributed by atoms with Crippen molar-refractivity contribution < 1.29 is 14.5 Å². The molecule has 0 aliphatic carbocycles. The van der Waals surface area contributed by atoms with Crippen molar-refractivity contribution in [2.24, 2.45) is 0 Å². The van der Waals surface area contributed by atoms with E-state index in [4.69, 9.17) is 0 Å². The Morgan fingerprint density at radius 1 is 1.53 bits per heavy atom. The third-order valence-corrected chi connectivity index (χ3v) is 3.59. The molecule has 1 N–H and O–H groups in total. The van der Waals surface area contributed by atoms with Gasteiger partial charge in [0.15, 0.2) is 0 Å². The van der Waals surface area contributed by atoms with Gasteiger partial charge in [0.1, 0.15) is 16.9 Å². The Morgan fingerprint density at radius 2 is 2.29 bits per heavy atom. The molecule has 1 fully saturated rings. The highest BCUT2D eigenvalue weighted by Gasteiger charge is 2.41. The molecule has 1 saturated heterocycles. The van der Waals surface area contributed by atoms with E-state index in [9.17, 15) is 9.90 Å². The molecule has 1 atom stereocenters. The van der Waals surface area contributed by atoms with Crippen molar-refractivity contribution in [1.29, 1.82) is 0 Å². The number of carboxylic acids is 1. The van der Waals surface area contributed by atoms with E-state index in [-0.39, 0.29) is 0 Å². The smallest absolute Gasteiger partial charge is 0.323 e. The number of aromatic nitrogens is 2. The molecule has 1 aromatic rings. The van der Waals surface area contributed by atoms with Gasteiger partial charge in [-0.25, -0.2) is 4.63 Å². The van der Waals surface area contributed by atoms with Gasteiger partial charge >= 0.3 is 5.97 Å². The number of likely N-dealkylation sites (tertiary alicyclic amines) is 1. The molecule has 0 amide bonds. The van der Waals surface area contributed by atoms with E-state index < -0.39 is 11.5 Å². The normalized spacial score (nSPS) is 26.0. The lowest BCUT2D eigenvalue weighted by atomic mass is 9.88.